The topological polar surface area (TPSA) is 69.6 Å². The number of carbonyl (C=O) groups is 2. The van der Waals surface area contributed by atoms with Crippen molar-refractivity contribution < 1.29 is 19.1 Å². The molecule has 1 aromatic rings. The minimum Gasteiger partial charge on any atom is -0.480 e. The highest BCUT2D eigenvalue weighted by Crippen LogP contribution is 2.18. The van der Waals surface area contributed by atoms with Gasteiger partial charge in [0.2, 0.25) is 0 Å². The van der Waals surface area contributed by atoms with Gasteiger partial charge in [-0.05, 0) is 44.9 Å². The number of amides is 2. The third kappa shape index (κ3) is 3.71. The zero-order valence-electron chi connectivity index (χ0n) is 12.9. The van der Waals surface area contributed by atoms with E-state index in [-0.39, 0.29) is 5.82 Å². The van der Waals surface area contributed by atoms with E-state index in [1.807, 2.05) is 0 Å². The molecule has 0 spiro atoms. The molecule has 0 radical (unpaired) electrons. The molecule has 1 rings (SSSR count). The molecule has 0 saturated carbocycles. The molecule has 0 fully saturated rings. The van der Waals surface area contributed by atoms with Crippen molar-refractivity contribution in [2.45, 2.75) is 39.3 Å². The van der Waals surface area contributed by atoms with Gasteiger partial charge < -0.3 is 15.3 Å². The molecule has 2 amide bonds. The van der Waals surface area contributed by atoms with Crippen LogP contribution in [-0.4, -0.2) is 34.6 Å². The molecule has 6 heteroatoms. The summed E-state index contributed by atoms with van der Waals surface area (Å²) in [6.07, 6.45) is 0. The van der Waals surface area contributed by atoms with Crippen LogP contribution in [0.1, 0.15) is 37.9 Å². The summed E-state index contributed by atoms with van der Waals surface area (Å²) in [6.45, 7) is 6.24. The summed E-state index contributed by atoms with van der Waals surface area (Å²) in [5, 5.41) is 11.8. The van der Waals surface area contributed by atoms with Crippen molar-refractivity contribution in [3.05, 3.63) is 35.1 Å². The fraction of sp³-hybridized carbons (Fsp3) is 0.467. The van der Waals surface area contributed by atoms with E-state index < -0.39 is 23.6 Å². The second kappa shape index (κ2) is 6.11. The molecule has 1 unspecified atom stereocenters. The van der Waals surface area contributed by atoms with E-state index in [9.17, 15) is 14.0 Å². The lowest BCUT2D eigenvalue weighted by Crippen LogP contribution is -2.54. The number of urea groups is 1. The van der Waals surface area contributed by atoms with Crippen molar-refractivity contribution in [2.75, 3.05) is 7.05 Å². The van der Waals surface area contributed by atoms with E-state index in [4.69, 9.17) is 5.11 Å². The first-order chi connectivity index (χ1) is 9.57. The Labute approximate surface area is 123 Å². The Kier molecular flexibility index (Phi) is 4.93. The highest BCUT2D eigenvalue weighted by molar-refractivity contribution is 5.85. The lowest BCUT2D eigenvalue weighted by molar-refractivity contribution is -0.146. The van der Waals surface area contributed by atoms with E-state index in [0.29, 0.717) is 11.1 Å². The number of aliphatic carboxylic acids is 1. The summed E-state index contributed by atoms with van der Waals surface area (Å²) < 4.78 is 13.5. The van der Waals surface area contributed by atoms with E-state index in [0.717, 1.165) is 4.90 Å². The van der Waals surface area contributed by atoms with Gasteiger partial charge in [0.1, 0.15) is 11.4 Å². The molecule has 0 aromatic heterocycles. The lowest BCUT2D eigenvalue weighted by Gasteiger charge is -2.32. The van der Waals surface area contributed by atoms with Crippen molar-refractivity contribution >= 4 is 12.0 Å². The van der Waals surface area contributed by atoms with Crippen LogP contribution in [0.2, 0.25) is 0 Å². The number of halogens is 1. The zero-order valence-corrected chi connectivity index (χ0v) is 12.9. The minimum atomic E-state index is -1.33. The summed E-state index contributed by atoms with van der Waals surface area (Å²) >= 11 is 0. The number of hydrogen-bond acceptors (Lipinski definition) is 2. The molecule has 0 bridgehead atoms. The van der Waals surface area contributed by atoms with Crippen molar-refractivity contribution in [3.63, 3.8) is 0 Å². The molecule has 0 saturated heterocycles. The van der Waals surface area contributed by atoms with Crippen LogP contribution in [0.3, 0.4) is 0 Å². The largest absolute Gasteiger partial charge is 0.480 e. The van der Waals surface area contributed by atoms with E-state index >= 15 is 0 Å². The molecule has 2 N–H and O–H groups in total. The molecule has 5 nitrogen and oxygen atoms in total. The Morgan fingerprint density at radius 2 is 1.95 bits per heavy atom. The van der Waals surface area contributed by atoms with Crippen LogP contribution in [0.25, 0.3) is 0 Å². The van der Waals surface area contributed by atoms with Crippen LogP contribution in [0.15, 0.2) is 18.2 Å². The van der Waals surface area contributed by atoms with E-state index in [1.165, 1.54) is 27.0 Å². The summed E-state index contributed by atoms with van der Waals surface area (Å²) in [5.74, 6) is -1.44. The first kappa shape index (κ1) is 16.9. The number of nitrogens with one attached hydrogen (secondary N) is 1. The lowest BCUT2D eigenvalue weighted by atomic mass is 10.0. The Balaban J connectivity index is 2.82. The van der Waals surface area contributed by atoms with E-state index in [2.05, 4.69) is 5.32 Å². The Hall–Kier alpha value is -2.11. The molecule has 0 heterocycles. The zero-order chi connectivity index (χ0) is 16.4. The van der Waals surface area contributed by atoms with Crippen LogP contribution in [0.4, 0.5) is 9.18 Å². The number of carbonyl (C=O) groups excluding carboxylic acids is 1. The molecule has 0 aliphatic carbocycles. The Morgan fingerprint density at radius 1 is 1.38 bits per heavy atom. The molecular weight excluding hydrogens is 275 g/mol. The predicted molar refractivity (Wildman–Crippen MR) is 77.6 cm³/mol. The van der Waals surface area contributed by atoms with Gasteiger partial charge in [-0.15, -0.1) is 0 Å². The molecule has 0 aliphatic heterocycles. The Morgan fingerprint density at radius 3 is 2.43 bits per heavy atom. The van der Waals surface area contributed by atoms with Gasteiger partial charge in [0, 0.05) is 7.05 Å². The molecular formula is C15H21FN2O3. The first-order valence-electron chi connectivity index (χ1n) is 6.61. The van der Waals surface area contributed by atoms with Gasteiger partial charge in [-0.2, -0.15) is 0 Å². The van der Waals surface area contributed by atoms with Gasteiger partial charge in [0.05, 0.1) is 6.04 Å². The number of nitrogens with zero attached hydrogens (tertiary/aromatic N) is 1. The summed E-state index contributed by atoms with van der Waals surface area (Å²) in [4.78, 5) is 24.3. The highest BCUT2D eigenvalue weighted by Gasteiger charge is 2.35. The van der Waals surface area contributed by atoms with Crippen LogP contribution in [-0.2, 0) is 4.79 Å². The monoisotopic (exact) mass is 296 g/mol. The number of carboxylic acid groups (broad SMARTS) is 1. The van der Waals surface area contributed by atoms with Gasteiger partial charge in [0.15, 0.2) is 0 Å². The van der Waals surface area contributed by atoms with Gasteiger partial charge in [-0.3, -0.25) is 0 Å². The normalized spacial score (nSPS) is 12.7. The van der Waals surface area contributed by atoms with Crippen LogP contribution in [0.5, 0.6) is 0 Å². The SMILES string of the molecule is Cc1ccc(C(C)NC(=O)N(C)C(C)(C)C(=O)O)cc1F. The standard InChI is InChI=1S/C15H21FN2O3/c1-9-6-7-11(8-12(9)16)10(2)17-14(21)18(5)15(3,4)13(19)20/h6-8,10H,1-5H3,(H,17,21)(H,19,20). The average molecular weight is 296 g/mol. The summed E-state index contributed by atoms with van der Waals surface area (Å²) in [7, 11) is 1.41. The molecule has 116 valence electrons. The van der Waals surface area contributed by atoms with Crippen LogP contribution < -0.4 is 5.32 Å². The number of likely N-dealkylation sites (N-methyl/N-ethyl adjacent to an activating group) is 1. The molecule has 21 heavy (non-hydrogen) atoms. The van der Waals surface area contributed by atoms with Crippen LogP contribution >= 0.6 is 0 Å². The second-order valence-corrected chi connectivity index (χ2v) is 5.60. The second-order valence-electron chi connectivity index (χ2n) is 5.60. The molecule has 0 aliphatic rings. The quantitative estimate of drug-likeness (QED) is 0.897. The van der Waals surface area contributed by atoms with Gasteiger partial charge in [-0.25, -0.2) is 14.0 Å². The number of hydrogen-bond donors (Lipinski definition) is 2. The average Bonchev–Trinajstić information content (AvgIpc) is 2.40. The van der Waals surface area contributed by atoms with Gasteiger partial charge >= 0.3 is 12.0 Å². The van der Waals surface area contributed by atoms with Crippen molar-refractivity contribution in [1.82, 2.24) is 10.2 Å². The number of benzene rings is 1. The third-order valence-electron chi connectivity index (χ3n) is 3.70. The maximum atomic E-state index is 13.5. The fourth-order valence-electron chi connectivity index (χ4n) is 1.64. The maximum absolute atomic E-state index is 13.5. The Bertz CT molecular complexity index is 558. The fourth-order valence-corrected chi connectivity index (χ4v) is 1.64. The van der Waals surface area contributed by atoms with Crippen LogP contribution in [0, 0.1) is 12.7 Å². The summed E-state index contributed by atoms with van der Waals surface area (Å²) in [6, 6.07) is 3.77. The third-order valence-corrected chi connectivity index (χ3v) is 3.70. The number of rotatable bonds is 4. The maximum Gasteiger partial charge on any atom is 0.329 e. The van der Waals surface area contributed by atoms with Crippen molar-refractivity contribution in [2.24, 2.45) is 0 Å². The molecule has 1 aromatic carbocycles. The van der Waals surface area contributed by atoms with E-state index in [1.54, 1.807) is 26.0 Å². The molecule has 1 atom stereocenters. The first-order valence-corrected chi connectivity index (χ1v) is 6.61. The van der Waals surface area contributed by atoms with Gasteiger partial charge in [0.25, 0.3) is 0 Å². The van der Waals surface area contributed by atoms with Crippen molar-refractivity contribution in [3.8, 4) is 0 Å². The minimum absolute atomic E-state index is 0.340. The smallest absolute Gasteiger partial charge is 0.329 e. The predicted octanol–water partition coefficient (Wildman–Crippen LogP) is 2.70. The van der Waals surface area contributed by atoms with Gasteiger partial charge in [-0.1, -0.05) is 12.1 Å². The number of aryl methyl sites for hydroxylation is 1. The summed E-state index contributed by atoms with van der Waals surface area (Å²) in [5.41, 5.74) is -0.183. The highest BCUT2D eigenvalue weighted by atomic mass is 19.1. The number of carboxylic acids is 1. The van der Waals surface area contributed by atoms with Crippen molar-refractivity contribution in [1.29, 1.82) is 0 Å².